The van der Waals surface area contributed by atoms with E-state index in [0.717, 1.165) is 19.0 Å². The van der Waals surface area contributed by atoms with Crippen molar-refractivity contribution in [2.24, 2.45) is 10.4 Å². The van der Waals surface area contributed by atoms with E-state index in [2.05, 4.69) is 48.1 Å². The minimum atomic E-state index is -3.27. The van der Waals surface area contributed by atoms with Crippen LogP contribution in [0.15, 0.2) is 4.99 Å². The molecule has 0 aromatic carbocycles. The Kier molecular flexibility index (Phi) is 9.47. The number of hydrogen-bond acceptors (Lipinski definition) is 5. The molecule has 160 valence electrons. The smallest absolute Gasteiger partial charge is 0.216 e. The Morgan fingerprint density at radius 3 is 2.30 bits per heavy atom. The van der Waals surface area contributed by atoms with Gasteiger partial charge in [0.05, 0.1) is 18.5 Å². The van der Waals surface area contributed by atoms with Crippen molar-refractivity contribution in [3.63, 3.8) is 0 Å². The predicted molar refractivity (Wildman–Crippen MR) is 112 cm³/mol. The van der Waals surface area contributed by atoms with Crippen molar-refractivity contribution >= 4 is 16.0 Å². The first-order valence-electron chi connectivity index (χ1n) is 9.66. The first kappa shape index (κ1) is 24.1. The SMILES string of the molecule is CN=C(NCC(C)(C)CN(C)C)N1CCN(S(=O)(=O)CCOC(C)C)CC1. The Bertz CT molecular complexity index is 568. The molecule has 0 spiro atoms. The zero-order valence-corrected chi connectivity index (χ0v) is 19.0. The summed E-state index contributed by atoms with van der Waals surface area (Å²) in [4.78, 5) is 8.69. The summed E-state index contributed by atoms with van der Waals surface area (Å²) in [5.41, 5.74) is 0.112. The monoisotopic (exact) mass is 405 g/mol. The lowest BCUT2D eigenvalue weighted by atomic mass is 9.93. The average Bonchev–Trinajstić information content (AvgIpc) is 2.54. The Labute approximate surface area is 166 Å². The molecule has 0 amide bonds. The average molecular weight is 406 g/mol. The van der Waals surface area contributed by atoms with Gasteiger partial charge in [0, 0.05) is 46.3 Å². The van der Waals surface area contributed by atoms with Crippen LogP contribution in [0.25, 0.3) is 0 Å². The maximum absolute atomic E-state index is 12.4. The third kappa shape index (κ3) is 8.76. The largest absolute Gasteiger partial charge is 0.378 e. The van der Waals surface area contributed by atoms with E-state index >= 15 is 0 Å². The summed E-state index contributed by atoms with van der Waals surface area (Å²) in [6.45, 7) is 12.5. The number of nitrogens with one attached hydrogen (secondary N) is 1. The molecule has 0 bridgehead atoms. The molecule has 1 aliphatic heterocycles. The van der Waals surface area contributed by atoms with Crippen LogP contribution in [-0.2, 0) is 14.8 Å². The minimum Gasteiger partial charge on any atom is -0.378 e. The number of sulfonamides is 1. The predicted octanol–water partition coefficient (Wildman–Crippen LogP) is 0.522. The Hall–Kier alpha value is -0.900. The molecule has 8 nitrogen and oxygen atoms in total. The number of hydrogen-bond donors (Lipinski definition) is 1. The van der Waals surface area contributed by atoms with Crippen LogP contribution in [0, 0.1) is 5.41 Å². The quantitative estimate of drug-likeness (QED) is 0.445. The molecular formula is C18H39N5O3S. The van der Waals surface area contributed by atoms with Crippen LogP contribution in [0.1, 0.15) is 27.7 Å². The molecule has 1 fully saturated rings. The van der Waals surface area contributed by atoms with Gasteiger partial charge in [-0.15, -0.1) is 0 Å². The standard InChI is InChI=1S/C18H39N5O3S/c1-16(2)26-12-13-27(24,25)23-10-8-22(9-11-23)17(19-5)20-14-18(3,4)15-21(6)7/h16H,8-15H2,1-7H3,(H,19,20). The lowest BCUT2D eigenvalue weighted by Crippen LogP contribution is -2.55. The van der Waals surface area contributed by atoms with E-state index in [1.165, 1.54) is 0 Å². The zero-order valence-electron chi connectivity index (χ0n) is 18.2. The van der Waals surface area contributed by atoms with Crippen molar-refractivity contribution in [2.45, 2.75) is 33.8 Å². The summed E-state index contributed by atoms with van der Waals surface area (Å²) in [5, 5.41) is 3.45. The second-order valence-corrected chi connectivity index (χ2v) is 10.5. The van der Waals surface area contributed by atoms with Crippen LogP contribution in [0.4, 0.5) is 0 Å². The molecule has 0 aliphatic carbocycles. The summed E-state index contributed by atoms with van der Waals surface area (Å²) < 4.78 is 31.9. The minimum absolute atomic E-state index is 0.0386. The number of aliphatic imine (C=N–C) groups is 1. The molecule has 0 saturated carbocycles. The van der Waals surface area contributed by atoms with Gasteiger partial charge in [0.1, 0.15) is 0 Å². The Morgan fingerprint density at radius 1 is 1.22 bits per heavy atom. The number of rotatable bonds is 9. The highest BCUT2D eigenvalue weighted by Gasteiger charge is 2.28. The molecule has 27 heavy (non-hydrogen) atoms. The maximum Gasteiger partial charge on any atom is 0.216 e. The van der Waals surface area contributed by atoms with Crippen LogP contribution in [0.3, 0.4) is 0 Å². The van der Waals surface area contributed by atoms with Gasteiger partial charge in [0.15, 0.2) is 5.96 Å². The summed E-state index contributed by atoms with van der Waals surface area (Å²) in [6, 6.07) is 0. The van der Waals surface area contributed by atoms with Gasteiger partial charge >= 0.3 is 0 Å². The summed E-state index contributed by atoms with van der Waals surface area (Å²) >= 11 is 0. The molecule has 1 N–H and O–H groups in total. The fourth-order valence-corrected chi connectivity index (χ4v) is 4.54. The first-order valence-corrected chi connectivity index (χ1v) is 11.3. The van der Waals surface area contributed by atoms with E-state index in [9.17, 15) is 8.42 Å². The molecule has 0 aromatic heterocycles. The van der Waals surface area contributed by atoms with Crippen molar-refractivity contribution in [2.75, 3.05) is 72.8 Å². The number of guanidine groups is 1. The second-order valence-electron chi connectivity index (χ2n) is 8.42. The van der Waals surface area contributed by atoms with Crippen LogP contribution in [0.2, 0.25) is 0 Å². The highest BCUT2D eigenvalue weighted by atomic mass is 32.2. The van der Waals surface area contributed by atoms with Crippen molar-refractivity contribution in [3.05, 3.63) is 0 Å². The highest BCUT2D eigenvalue weighted by molar-refractivity contribution is 7.89. The van der Waals surface area contributed by atoms with E-state index in [0.29, 0.717) is 26.2 Å². The second kappa shape index (κ2) is 10.6. The van der Waals surface area contributed by atoms with E-state index < -0.39 is 10.0 Å². The van der Waals surface area contributed by atoms with Crippen LogP contribution < -0.4 is 5.32 Å². The third-order valence-corrected chi connectivity index (χ3v) is 6.24. The topological polar surface area (TPSA) is 77.5 Å². The highest BCUT2D eigenvalue weighted by Crippen LogP contribution is 2.15. The van der Waals surface area contributed by atoms with Gasteiger partial charge in [0.2, 0.25) is 10.0 Å². The summed E-state index contributed by atoms with van der Waals surface area (Å²) in [7, 11) is 2.65. The van der Waals surface area contributed by atoms with E-state index in [4.69, 9.17) is 4.74 Å². The van der Waals surface area contributed by atoms with Crippen molar-refractivity contribution in [1.82, 2.24) is 19.4 Å². The fourth-order valence-electron chi connectivity index (χ4n) is 3.26. The third-order valence-electron chi connectivity index (χ3n) is 4.41. The van der Waals surface area contributed by atoms with Crippen LogP contribution in [-0.4, -0.2) is 107 Å². The maximum atomic E-state index is 12.4. The van der Waals surface area contributed by atoms with Crippen molar-refractivity contribution < 1.29 is 13.2 Å². The first-order chi connectivity index (χ1) is 12.5. The molecular weight excluding hydrogens is 366 g/mol. The van der Waals surface area contributed by atoms with E-state index in [1.54, 1.807) is 11.4 Å². The normalized spacial score (nSPS) is 17.8. The van der Waals surface area contributed by atoms with E-state index in [-0.39, 0.29) is 23.9 Å². The van der Waals surface area contributed by atoms with Gasteiger partial charge in [-0.05, 0) is 33.4 Å². The Morgan fingerprint density at radius 2 is 1.81 bits per heavy atom. The molecule has 0 aromatic rings. The molecule has 1 heterocycles. The fraction of sp³-hybridized carbons (Fsp3) is 0.944. The lowest BCUT2D eigenvalue weighted by molar-refractivity contribution is 0.0904. The molecule has 1 aliphatic rings. The molecule has 1 rings (SSSR count). The van der Waals surface area contributed by atoms with Gasteiger partial charge in [0.25, 0.3) is 0 Å². The molecule has 9 heteroatoms. The van der Waals surface area contributed by atoms with Gasteiger partial charge < -0.3 is 19.9 Å². The lowest BCUT2D eigenvalue weighted by Gasteiger charge is -2.37. The summed E-state index contributed by atoms with van der Waals surface area (Å²) in [6.07, 6.45) is 0.0446. The van der Waals surface area contributed by atoms with Crippen LogP contribution in [0.5, 0.6) is 0 Å². The zero-order chi connectivity index (χ0) is 20.7. The Balaban J connectivity index is 2.52. The number of piperazine rings is 1. The molecule has 0 radical (unpaired) electrons. The van der Waals surface area contributed by atoms with Gasteiger partial charge in [-0.3, -0.25) is 4.99 Å². The van der Waals surface area contributed by atoms with Gasteiger partial charge in [-0.1, -0.05) is 13.8 Å². The van der Waals surface area contributed by atoms with Crippen LogP contribution >= 0.6 is 0 Å². The summed E-state index contributed by atoms with van der Waals surface area (Å²) in [5.74, 6) is 0.874. The molecule has 1 saturated heterocycles. The van der Waals surface area contributed by atoms with Gasteiger partial charge in [-0.2, -0.15) is 4.31 Å². The van der Waals surface area contributed by atoms with E-state index in [1.807, 2.05) is 13.8 Å². The molecule has 0 unspecified atom stereocenters. The molecule has 0 atom stereocenters. The number of ether oxygens (including phenoxy) is 1. The van der Waals surface area contributed by atoms with Crippen molar-refractivity contribution in [1.29, 1.82) is 0 Å². The number of nitrogens with zero attached hydrogens (tertiary/aromatic N) is 4. The van der Waals surface area contributed by atoms with Gasteiger partial charge in [-0.25, -0.2) is 8.42 Å². The van der Waals surface area contributed by atoms with Crippen molar-refractivity contribution in [3.8, 4) is 0 Å².